The molecule has 4 nitrogen and oxygen atoms in total. The van der Waals surface area contributed by atoms with Crippen LogP contribution >= 0.6 is 23.4 Å². The van der Waals surface area contributed by atoms with Crippen molar-refractivity contribution in [3.8, 4) is 11.4 Å². The number of carbonyl (C=O) groups is 1. The maximum atomic E-state index is 12.7. The molecular formula is C25H22ClN3OS. The van der Waals surface area contributed by atoms with Crippen LogP contribution < -0.4 is 0 Å². The summed E-state index contributed by atoms with van der Waals surface area (Å²) in [5.41, 5.74) is 3.88. The minimum Gasteiger partial charge on any atom is -0.297 e. The number of rotatable bonds is 8. The lowest BCUT2D eigenvalue weighted by Crippen LogP contribution is -2.07. The van der Waals surface area contributed by atoms with E-state index in [1.165, 1.54) is 17.3 Å². The third-order valence-corrected chi connectivity index (χ3v) is 6.33. The normalized spacial score (nSPS) is 10.9. The fraction of sp³-hybridized carbons (Fsp3) is 0.160. The highest BCUT2D eigenvalue weighted by Gasteiger charge is 2.18. The molecule has 0 N–H and O–H groups in total. The van der Waals surface area contributed by atoms with Crippen molar-refractivity contribution in [2.24, 2.45) is 0 Å². The van der Waals surface area contributed by atoms with Crippen LogP contribution in [0.3, 0.4) is 0 Å². The third kappa shape index (κ3) is 5.06. The summed E-state index contributed by atoms with van der Waals surface area (Å²) in [6, 6.07) is 25.5. The largest absolute Gasteiger partial charge is 0.297 e. The van der Waals surface area contributed by atoms with Crippen molar-refractivity contribution in [2.45, 2.75) is 25.0 Å². The first-order valence-electron chi connectivity index (χ1n) is 10.1. The lowest BCUT2D eigenvalue weighted by Gasteiger charge is -2.11. The number of ketones is 1. The van der Waals surface area contributed by atoms with Crippen LogP contribution in [0.4, 0.5) is 0 Å². The van der Waals surface area contributed by atoms with Gasteiger partial charge in [0.15, 0.2) is 16.8 Å². The van der Waals surface area contributed by atoms with Gasteiger partial charge < -0.3 is 0 Å². The van der Waals surface area contributed by atoms with Crippen LogP contribution in [0.2, 0.25) is 5.02 Å². The van der Waals surface area contributed by atoms with E-state index in [1.54, 1.807) is 0 Å². The number of carbonyl (C=O) groups excluding carboxylic acids is 1. The maximum Gasteiger partial charge on any atom is 0.192 e. The fourth-order valence-corrected chi connectivity index (χ4v) is 4.34. The fourth-order valence-electron chi connectivity index (χ4n) is 3.29. The standard InChI is InChI=1S/C25H22ClN3OS/c1-2-18-12-14-20(15-13-18)23(30)17-31-25-28-27-24(21-10-6-7-11-22(21)26)29(25)16-19-8-4-3-5-9-19/h3-15H,2,16-17H2,1H3. The molecule has 31 heavy (non-hydrogen) atoms. The van der Waals surface area contributed by atoms with Gasteiger partial charge in [0.05, 0.1) is 17.3 Å². The van der Waals surface area contributed by atoms with Crippen LogP contribution in [0.5, 0.6) is 0 Å². The molecule has 1 heterocycles. The van der Waals surface area contributed by atoms with Crippen LogP contribution in [-0.4, -0.2) is 26.3 Å². The quantitative estimate of drug-likeness (QED) is 0.239. The van der Waals surface area contributed by atoms with Gasteiger partial charge in [0.25, 0.3) is 0 Å². The number of nitrogens with zero attached hydrogens (tertiary/aromatic N) is 3. The average molecular weight is 448 g/mol. The second-order valence-electron chi connectivity index (χ2n) is 7.12. The highest BCUT2D eigenvalue weighted by Crippen LogP contribution is 2.30. The van der Waals surface area contributed by atoms with E-state index < -0.39 is 0 Å². The molecule has 0 aliphatic rings. The van der Waals surface area contributed by atoms with E-state index in [0.717, 1.165) is 17.5 Å². The van der Waals surface area contributed by atoms with Crippen molar-refractivity contribution in [3.63, 3.8) is 0 Å². The second-order valence-corrected chi connectivity index (χ2v) is 8.47. The Hall–Kier alpha value is -2.89. The summed E-state index contributed by atoms with van der Waals surface area (Å²) in [6.45, 7) is 2.69. The molecule has 156 valence electrons. The van der Waals surface area contributed by atoms with E-state index in [4.69, 9.17) is 11.6 Å². The van der Waals surface area contributed by atoms with Gasteiger partial charge in [-0.25, -0.2) is 0 Å². The Bertz CT molecular complexity index is 1170. The SMILES string of the molecule is CCc1ccc(C(=O)CSc2nnc(-c3ccccc3Cl)n2Cc2ccccc2)cc1. The molecule has 4 aromatic rings. The second kappa shape index (κ2) is 9.94. The molecule has 0 spiro atoms. The summed E-state index contributed by atoms with van der Waals surface area (Å²) >= 11 is 7.83. The summed E-state index contributed by atoms with van der Waals surface area (Å²) in [5, 5.41) is 10.1. The molecule has 1 aromatic heterocycles. The maximum absolute atomic E-state index is 12.7. The Balaban J connectivity index is 1.60. The number of benzene rings is 3. The van der Waals surface area contributed by atoms with Crippen LogP contribution in [0.25, 0.3) is 11.4 Å². The minimum atomic E-state index is 0.0706. The lowest BCUT2D eigenvalue weighted by atomic mass is 10.1. The molecule has 0 unspecified atom stereocenters. The number of hydrogen-bond donors (Lipinski definition) is 0. The van der Waals surface area contributed by atoms with Crippen molar-refractivity contribution in [1.82, 2.24) is 14.8 Å². The zero-order valence-electron chi connectivity index (χ0n) is 17.2. The third-order valence-electron chi connectivity index (χ3n) is 5.03. The zero-order valence-corrected chi connectivity index (χ0v) is 18.7. The van der Waals surface area contributed by atoms with E-state index in [0.29, 0.717) is 33.9 Å². The summed E-state index contributed by atoms with van der Waals surface area (Å²) in [6.07, 6.45) is 0.955. The minimum absolute atomic E-state index is 0.0706. The number of Topliss-reactive ketones (excluding diaryl/α,β-unsaturated/α-hetero) is 1. The monoisotopic (exact) mass is 447 g/mol. The van der Waals surface area contributed by atoms with E-state index in [-0.39, 0.29) is 5.78 Å². The first-order valence-corrected chi connectivity index (χ1v) is 11.5. The molecular weight excluding hydrogens is 426 g/mol. The summed E-state index contributed by atoms with van der Waals surface area (Å²) in [5.74, 6) is 1.05. The van der Waals surface area contributed by atoms with E-state index in [1.807, 2.05) is 71.3 Å². The zero-order chi connectivity index (χ0) is 21.6. The first-order chi connectivity index (χ1) is 15.2. The highest BCUT2D eigenvalue weighted by molar-refractivity contribution is 7.99. The molecule has 0 saturated heterocycles. The van der Waals surface area contributed by atoms with Gasteiger partial charge in [-0.05, 0) is 29.7 Å². The van der Waals surface area contributed by atoms with Crippen LogP contribution in [0.15, 0.2) is 84.0 Å². The topological polar surface area (TPSA) is 47.8 Å². The van der Waals surface area contributed by atoms with Crippen LogP contribution in [-0.2, 0) is 13.0 Å². The Morgan fingerprint density at radius 2 is 1.61 bits per heavy atom. The Morgan fingerprint density at radius 3 is 2.32 bits per heavy atom. The molecule has 0 fully saturated rings. The number of thioether (sulfide) groups is 1. The molecule has 0 amide bonds. The number of aromatic nitrogens is 3. The van der Waals surface area contributed by atoms with E-state index >= 15 is 0 Å². The van der Waals surface area contributed by atoms with Gasteiger partial charge in [0.2, 0.25) is 0 Å². The Morgan fingerprint density at radius 1 is 0.903 bits per heavy atom. The number of aryl methyl sites for hydroxylation is 1. The van der Waals surface area contributed by atoms with Gasteiger partial charge in [0, 0.05) is 11.1 Å². The lowest BCUT2D eigenvalue weighted by molar-refractivity contribution is 0.102. The molecule has 0 radical (unpaired) electrons. The average Bonchev–Trinajstić information content (AvgIpc) is 3.20. The van der Waals surface area contributed by atoms with Gasteiger partial charge in [-0.2, -0.15) is 0 Å². The number of halogens is 1. The molecule has 0 bridgehead atoms. The van der Waals surface area contributed by atoms with Gasteiger partial charge in [-0.1, -0.05) is 97.0 Å². The molecule has 0 aliphatic carbocycles. The van der Waals surface area contributed by atoms with Crippen molar-refractivity contribution in [3.05, 3.63) is 101 Å². The summed E-state index contributed by atoms with van der Waals surface area (Å²) in [4.78, 5) is 12.7. The molecule has 4 rings (SSSR count). The predicted octanol–water partition coefficient (Wildman–Crippen LogP) is 6.18. The van der Waals surface area contributed by atoms with Gasteiger partial charge in [0.1, 0.15) is 0 Å². The highest BCUT2D eigenvalue weighted by atomic mass is 35.5. The predicted molar refractivity (Wildman–Crippen MR) is 127 cm³/mol. The van der Waals surface area contributed by atoms with E-state index in [9.17, 15) is 4.79 Å². The van der Waals surface area contributed by atoms with Crippen LogP contribution in [0.1, 0.15) is 28.4 Å². The molecule has 0 atom stereocenters. The molecule has 0 aliphatic heterocycles. The number of hydrogen-bond acceptors (Lipinski definition) is 4. The molecule has 0 saturated carbocycles. The van der Waals surface area contributed by atoms with Crippen molar-refractivity contribution >= 4 is 29.1 Å². The Kier molecular flexibility index (Phi) is 6.85. The van der Waals surface area contributed by atoms with Gasteiger partial charge >= 0.3 is 0 Å². The smallest absolute Gasteiger partial charge is 0.192 e. The Labute approximate surface area is 191 Å². The van der Waals surface area contributed by atoms with Gasteiger partial charge in [-0.15, -0.1) is 10.2 Å². The van der Waals surface area contributed by atoms with Crippen molar-refractivity contribution in [2.75, 3.05) is 5.75 Å². The first kappa shape index (κ1) is 21.3. The summed E-state index contributed by atoms with van der Waals surface area (Å²) < 4.78 is 2.02. The molecule has 6 heteroatoms. The van der Waals surface area contributed by atoms with Crippen molar-refractivity contribution < 1.29 is 4.79 Å². The van der Waals surface area contributed by atoms with Gasteiger partial charge in [-0.3, -0.25) is 9.36 Å². The van der Waals surface area contributed by atoms with Crippen molar-refractivity contribution in [1.29, 1.82) is 0 Å². The van der Waals surface area contributed by atoms with E-state index in [2.05, 4.69) is 29.3 Å². The molecule has 3 aromatic carbocycles. The van der Waals surface area contributed by atoms with Crippen LogP contribution in [0, 0.1) is 0 Å². The summed E-state index contributed by atoms with van der Waals surface area (Å²) in [7, 11) is 0.